The first kappa shape index (κ1) is 19.2. The van der Waals surface area contributed by atoms with Gasteiger partial charge in [0, 0.05) is 23.0 Å². The zero-order chi connectivity index (χ0) is 20.4. The number of nitrogens with one attached hydrogen (secondary N) is 1. The van der Waals surface area contributed by atoms with Gasteiger partial charge in [-0.05, 0) is 29.3 Å². The average molecular weight is 447 g/mol. The molecule has 144 valence electrons. The van der Waals surface area contributed by atoms with Crippen molar-refractivity contribution in [3.63, 3.8) is 0 Å². The van der Waals surface area contributed by atoms with Gasteiger partial charge in [0.2, 0.25) is 0 Å². The predicted octanol–water partition coefficient (Wildman–Crippen LogP) is 4.82. The number of para-hydroxylation sites is 1. The third kappa shape index (κ3) is 3.87. The van der Waals surface area contributed by atoms with E-state index in [-0.39, 0.29) is 17.5 Å². The molecular weight excluding hydrogens is 428 g/mol. The fraction of sp³-hybridized carbons (Fsp3) is 0.0833. The molecule has 4 rings (SSSR count). The van der Waals surface area contributed by atoms with E-state index in [4.69, 9.17) is 0 Å². The summed E-state index contributed by atoms with van der Waals surface area (Å²) in [4.78, 5) is 25.7. The van der Waals surface area contributed by atoms with Gasteiger partial charge in [0.25, 0.3) is 11.5 Å². The van der Waals surface area contributed by atoms with Crippen LogP contribution in [0.4, 0.5) is 0 Å². The minimum absolute atomic E-state index is 0.214. The summed E-state index contributed by atoms with van der Waals surface area (Å²) in [6, 6.07) is 26.2. The lowest BCUT2D eigenvalue weighted by Crippen LogP contribution is -2.31. The minimum atomic E-state index is -0.334. The minimum Gasteiger partial charge on any atom is -0.341 e. The van der Waals surface area contributed by atoms with E-state index < -0.39 is 0 Å². The quantitative estimate of drug-likeness (QED) is 0.488. The van der Waals surface area contributed by atoms with Crippen LogP contribution >= 0.6 is 15.9 Å². The van der Waals surface area contributed by atoms with E-state index in [1.807, 2.05) is 78.9 Å². The van der Waals surface area contributed by atoms with E-state index in [9.17, 15) is 9.59 Å². The molecule has 0 saturated carbocycles. The second kappa shape index (κ2) is 8.05. The lowest BCUT2D eigenvalue weighted by Gasteiger charge is -2.21. The van der Waals surface area contributed by atoms with E-state index in [0.29, 0.717) is 5.56 Å². The molecule has 4 aromatic rings. The molecule has 0 saturated heterocycles. The van der Waals surface area contributed by atoms with Gasteiger partial charge in [0.1, 0.15) is 0 Å². The zero-order valence-corrected chi connectivity index (χ0v) is 17.4. The average Bonchev–Trinajstić information content (AvgIpc) is 2.76. The molecule has 5 heteroatoms. The van der Waals surface area contributed by atoms with E-state index in [1.165, 1.54) is 6.07 Å². The van der Waals surface area contributed by atoms with Crippen molar-refractivity contribution in [2.75, 3.05) is 0 Å². The number of nitrogens with zero attached hydrogens (tertiary/aromatic N) is 1. The topological polar surface area (TPSA) is 51.1 Å². The summed E-state index contributed by atoms with van der Waals surface area (Å²) >= 11 is 3.46. The van der Waals surface area contributed by atoms with Crippen molar-refractivity contribution in [3.05, 3.63) is 116 Å². The zero-order valence-electron chi connectivity index (χ0n) is 15.8. The van der Waals surface area contributed by atoms with Crippen molar-refractivity contribution in [1.82, 2.24) is 9.88 Å². The first-order valence-corrected chi connectivity index (χ1v) is 10.0. The number of carbonyl (C=O) groups excluding carboxylic acids is 1. The Morgan fingerprint density at radius 2 is 1.52 bits per heavy atom. The number of hydrogen-bond acceptors (Lipinski definition) is 2. The number of pyridine rings is 1. The third-order valence-electron chi connectivity index (χ3n) is 5.01. The Morgan fingerprint density at radius 3 is 2.24 bits per heavy atom. The highest BCUT2D eigenvalue weighted by Gasteiger charge is 2.20. The summed E-state index contributed by atoms with van der Waals surface area (Å²) < 4.78 is 2.52. The summed E-state index contributed by atoms with van der Waals surface area (Å²) in [5, 5.41) is 3.87. The molecule has 1 amide bonds. The first-order valence-electron chi connectivity index (χ1n) is 9.24. The van der Waals surface area contributed by atoms with Crippen LogP contribution in [0.15, 0.2) is 94.2 Å². The van der Waals surface area contributed by atoms with Crippen LogP contribution in [0.2, 0.25) is 0 Å². The molecule has 0 radical (unpaired) electrons. The molecule has 3 aromatic carbocycles. The van der Waals surface area contributed by atoms with Crippen molar-refractivity contribution in [3.8, 4) is 0 Å². The van der Waals surface area contributed by atoms with E-state index >= 15 is 0 Å². The molecule has 1 aromatic heterocycles. The van der Waals surface area contributed by atoms with Crippen LogP contribution in [0.5, 0.6) is 0 Å². The maximum absolute atomic E-state index is 13.3. The molecule has 0 fully saturated rings. The van der Waals surface area contributed by atoms with Gasteiger partial charge in [0.15, 0.2) is 0 Å². The standard InChI is InChI=1S/C24H19BrN2O2/c1-27-21-10-6-5-9-19(21)20(15-22(27)28)24(29)26-23(16-7-3-2-4-8-16)17-11-13-18(25)14-12-17/h2-15,23H,1H3,(H,26,29). The van der Waals surface area contributed by atoms with Crippen LogP contribution < -0.4 is 10.9 Å². The van der Waals surface area contributed by atoms with Crippen molar-refractivity contribution >= 4 is 32.7 Å². The van der Waals surface area contributed by atoms with Gasteiger partial charge >= 0.3 is 0 Å². The van der Waals surface area contributed by atoms with Gasteiger partial charge < -0.3 is 9.88 Å². The van der Waals surface area contributed by atoms with Gasteiger partial charge in [-0.1, -0.05) is 76.6 Å². The van der Waals surface area contributed by atoms with E-state index in [0.717, 1.165) is 26.5 Å². The number of amides is 1. The number of fused-ring (bicyclic) bond motifs is 1. The van der Waals surface area contributed by atoms with Crippen molar-refractivity contribution < 1.29 is 4.79 Å². The number of hydrogen-bond donors (Lipinski definition) is 1. The van der Waals surface area contributed by atoms with Gasteiger partial charge in [-0.25, -0.2) is 0 Å². The molecule has 1 unspecified atom stereocenters. The Hall–Kier alpha value is -3.18. The van der Waals surface area contributed by atoms with Crippen LogP contribution in [0, 0.1) is 0 Å². The molecule has 1 N–H and O–H groups in total. The van der Waals surface area contributed by atoms with Crippen LogP contribution in [-0.4, -0.2) is 10.5 Å². The predicted molar refractivity (Wildman–Crippen MR) is 119 cm³/mol. The monoisotopic (exact) mass is 446 g/mol. The smallest absolute Gasteiger partial charge is 0.252 e. The highest BCUT2D eigenvalue weighted by molar-refractivity contribution is 9.10. The molecule has 0 aliphatic heterocycles. The second-order valence-electron chi connectivity index (χ2n) is 6.84. The van der Waals surface area contributed by atoms with Gasteiger partial charge in [-0.15, -0.1) is 0 Å². The maximum atomic E-state index is 13.3. The highest BCUT2D eigenvalue weighted by atomic mass is 79.9. The Kier molecular flexibility index (Phi) is 5.32. The molecule has 4 nitrogen and oxygen atoms in total. The second-order valence-corrected chi connectivity index (χ2v) is 7.76. The van der Waals surface area contributed by atoms with E-state index in [2.05, 4.69) is 21.2 Å². The third-order valence-corrected chi connectivity index (χ3v) is 5.54. The number of carbonyl (C=O) groups is 1. The molecular formula is C24H19BrN2O2. The fourth-order valence-electron chi connectivity index (χ4n) is 3.47. The van der Waals surface area contributed by atoms with Crippen LogP contribution in [0.3, 0.4) is 0 Å². The lowest BCUT2D eigenvalue weighted by atomic mass is 9.98. The number of aryl methyl sites for hydroxylation is 1. The Morgan fingerprint density at radius 1 is 0.897 bits per heavy atom. The summed E-state index contributed by atoms with van der Waals surface area (Å²) in [6.45, 7) is 0. The SMILES string of the molecule is Cn1c(=O)cc(C(=O)NC(c2ccccc2)c2ccc(Br)cc2)c2ccccc21. The summed E-state index contributed by atoms with van der Waals surface area (Å²) in [5.74, 6) is -0.282. The Balaban J connectivity index is 1.78. The summed E-state index contributed by atoms with van der Waals surface area (Å²) in [5.41, 5.74) is 2.82. The van der Waals surface area contributed by atoms with Crippen LogP contribution in [-0.2, 0) is 7.05 Å². The fourth-order valence-corrected chi connectivity index (χ4v) is 3.73. The Labute approximate surface area is 176 Å². The summed E-state index contributed by atoms with van der Waals surface area (Å²) in [6.07, 6.45) is 0. The van der Waals surface area contributed by atoms with Gasteiger partial charge in [0.05, 0.1) is 17.1 Å². The molecule has 0 bridgehead atoms. The first-order chi connectivity index (χ1) is 14.0. The molecule has 1 atom stereocenters. The van der Waals surface area contributed by atoms with Crippen molar-refractivity contribution in [2.24, 2.45) is 7.05 Å². The summed E-state index contributed by atoms with van der Waals surface area (Å²) in [7, 11) is 1.71. The molecule has 0 aliphatic carbocycles. The number of benzene rings is 3. The van der Waals surface area contributed by atoms with Gasteiger partial charge in [-0.2, -0.15) is 0 Å². The number of rotatable bonds is 4. The Bertz CT molecular complexity index is 1230. The largest absolute Gasteiger partial charge is 0.341 e. The molecule has 0 aliphatic rings. The number of aromatic nitrogens is 1. The molecule has 1 heterocycles. The van der Waals surface area contributed by atoms with Crippen molar-refractivity contribution in [1.29, 1.82) is 0 Å². The normalized spacial score (nSPS) is 11.9. The molecule has 0 spiro atoms. The van der Waals surface area contributed by atoms with Gasteiger partial charge in [-0.3, -0.25) is 9.59 Å². The lowest BCUT2D eigenvalue weighted by molar-refractivity contribution is 0.0944. The van der Waals surface area contributed by atoms with Crippen LogP contribution in [0.1, 0.15) is 27.5 Å². The van der Waals surface area contributed by atoms with Crippen molar-refractivity contribution in [2.45, 2.75) is 6.04 Å². The number of halogens is 1. The highest BCUT2D eigenvalue weighted by Crippen LogP contribution is 2.25. The maximum Gasteiger partial charge on any atom is 0.252 e. The van der Waals surface area contributed by atoms with E-state index in [1.54, 1.807) is 11.6 Å². The van der Waals surface area contributed by atoms with Crippen LogP contribution in [0.25, 0.3) is 10.9 Å². The molecule has 29 heavy (non-hydrogen) atoms.